The minimum absolute atomic E-state index is 0.0174. The van der Waals surface area contributed by atoms with Gasteiger partial charge in [-0.15, -0.1) is 0 Å². The first kappa shape index (κ1) is 18.1. The molecule has 0 aliphatic carbocycles. The minimum Gasteiger partial charge on any atom is -0.535 e. The van der Waals surface area contributed by atoms with Gasteiger partial charge in [-0.05, 0) is 25.0 Å². The molecule has 1 aliphatic heterocycles. The van der Waals surface area contributed by atoms with E-state index in [4.69, 9.17) is 9.76 Å². The molecule has 0 aromatic heterocycles. The molecule has 1 aromatic rings. The number of carboxylic acids is 1. The van der Waals surface area contributed by atoms with Crippen LogP contribution in [0.25, 0.3) is 0 Å². The first-order chi connectivity index (χ1) is 11.2. The maximum Gasteiger partial charge on any atom is 0.526 e. The van der Waals surface area contributed by atoms with E-state index in [2.05, 4.69) is 0 Å². The summed E-state index contributed by atoms with van der Waals surface area (Å²) < 4.78 is 32.3. The van der Waals surface area contributed by atoms with Crippen molar-refractivity contribution in [3.63, 3.8) is 0 Å². The van der Waals surface area contributed by atoms with Crippen molar-refractivity contribution in [2.45, 2.75) is 38.4 Å². The third-order valence-electron chi connectivity index (χ3n) is 3.83. The summed E-state index contributed by atoms with van der Waals surface area (Å²) in [6.45, 7) is 1.35. The molecule has 0 saturated carbocycles. The number of fused-ring (bicyclic) bond motifs is 1. The molecule has 24 heavy (non-hydrogen) atoms. The molecule has 1 atom stereocenters. The van der Waals surface area contributed by atoms with Gasteiger partial charge in [-0.25, -0.2) is 13.6 Å². The third-order valence-corrected chi connectivity index (χ3v) is 3.83. The van der Waals surface area contributed by atoms with Gasteiger partial charge in [-0.3, -0.25) is 4.79 Å². The quantitative estimate of drug-likeness (QED) is 0.766. The highest BCUT2D eigenvalue weighted by Gasteiger charge is 2.39. The van der Waals surface area contributed by atoms with Gasteiger partial charge < -0.3 is 19.6 Å². The van der Waals surface area contributed by atoms with E-state index in [1.807, 2.05) is 0 Å². The first-order valence-corrected chi connectivity index (χ1v) is 7.30. The summed E-state index contributed by atoms with van der Waals surface area (Å²) in [5.74, 6) is -6.20. The molecule has 1 heterocycles. The fourth-order valence-electron chi connectivity index (χ4n) is 2.62. The predicted molar refractivity (Wildman–Crippen MR) is 78.9 cm³/mol. The summed E-state index contributed by atoms with van der Waals surface area (Å²) in [6, 6.07) is 0.802. The van der Waals surface area contributed by atoms with Gasteiger partial charge in [0.1, 0.15) is 22.9 Å². The van der Waals surface area contributed by atoms with E-state index in [9.17, 15) is 28.2 Å². The van der Waals surface area contributed by atoms with Gasteiger partial charge in [0.2, 0.25) is 0 Å². The maximum atomic E-state index is 13.6. The molecule has 2 rings (SSSR count). The van der Waals surface area contributed by atoms with Gasteiger partial charge >= 0.3 is 13.1 Å². The van der Waals surface area contributed by atoms with Crippen LogP contribution in [0.5, 0.6) is 5.75 Å². The summed E-state index contributed by atoms with van der Waals surface area (Å²) in [7, 11) is -1.53. The Morgan fingerprint density at radius 3 is 2.58 bits per heavy atom. The lowest BCUT2D eigenvalue weighted by atomic mass is 9.64. The average molecular weight is 340 g/mol. The van der Waals surface area contributed by atoms with Crippen LogP contribution in [0.4, 0.5) is 8.78 Å². The Morgan fingerprint density at radius 1 is 1.33 bits per heavy atom. The number of carboxylic acid groups (broad SMARTS) is 1. The molecule has 0 unspecified atom stereocenters. The van der Waals surface area contributed by atoms with Gasteiger partial charge in [0, 0.05) is 25.1 Å². The number of benzene rings is 1. The molecule has 128 valence electrons. The molecule has 9 heteroatoms. The number of ketones is 2. The van der Waals surface area contributed by atoms with Crippen molar-refractivity contribution < 1.29 is 37.9 Å². The second-order valence-corrected chi connectivity index (χ2v) is 5.76. The van der Waals surface area contributed by atoms with E-state index in [-0.39, 0.29) is 42.8 Å². The molecule has 0 fully saturated rings. The summed E-state index contributed by atoms with van der Waals surface area (Å²) >= 11 is 0. The van der Waals surface area contributed by atoms with Crippen molar-refractivity contribution >= 4 is 24.7 Å². The zero-order valence-corrected chi connectivity index (χ0v) is 12.8. The normalized spacial score (nSPS) is 16.3. The molecule has 2 N–H and O–H groups in total. The Bertz CT molecular complexity index is 706. The van der Waals surface area contributed by atoms with Crippen LogP contribution in [-0.4, -0.2) is 34.8 Å². The molecular formula is C15H15BF2O6. The van der Waals surface area contributed by atoms with Crippen LogP contribution in [0.15, 0.2) is 6.07 Å². The Labute approximate surface area is 136 Å². The summed E-state index contributed by atoms with van der Waals surface area (Å²) in [6.07, 6.45) is -0.0548. The molecule has 0 saturated heterocycles. The van der Waals surface area contributed by atoms with Gasteiger partial charge in [0.05, 0.1) is 0 Å². The summed E-state index contributed by atoms with van der Waals surface area (Å²) in [4.78, 5) is 33.8. The zero-order valence-electron chi connectivity index (χ0n) is 12.8. The lowest BCUT2D eigenvalue weighted by molar-refractivity contribution is -0.123. The highest BCUT2D eigenvalue weighted by molar-refractivity contribution is 6.47. The van der Waals surface area contributed by atoms with Crippen molar-refractivity contribution in [2.75, 3.05) is 0 Å². The van der Waals surface area contributed by atoms with E-state index < -0.39 is 41.9 Å². The molecule has 0 bridgehead atoms. The van der Waals surface area contributed by atoms with Gasteiger partial charge in [-0.1, -0.05) is 0 Å². The number of Topliss-reactive ketones (excluding diaryl/α,β-unsaturated/α-hetero) is 2. The van der Waals surface area contributed by atoms with Gasteiger partial charge in [0.15, 0.2) is 11.6 Å². The van der Waals surface area contributed by atoms with E-state index in [1.165, 1.54) is 6.92 Å². The second kappa shape index (κ2) is 7.08. The van der Waals surface area contributed by atoms with E-state index >= 15 is 0 Å². The van der Waals surface area contributed by atoms with Crippen LogP contribution in [0, 0.1) is 11.6 Å². The van der Waals surface area contributed by atoms with Crippen LogP contribution in [0.1, 0.15) is 42.1 Å². The number of halogens is 2. The summed E-state index contributed by atoms with van der Waals surface area (Å²) in [5, 5.41) is 19.0. The second-order valence-electron chi connectivity index (χ2n) is 5.76. The van der Waals surface area contributed by atoms with Crippen LogP contribution < -0.4 is 4.65 Å². The standard InChI is InChI=1S/C15H15BF2O6/c1-7(19)2-3-10(20)6-9-4-8-5-11(17)13(18)12(15(21)22)14(8)24-16(9)23/h5,9,23H,2-4,6H2,1H3,(H,21,22)/t9-/m1/s1. The van der Waals surface area contributed by atoms with Crippen LogP contribution in [0.3, 0.4) is 0 Å². The smallest absolute Gasteiger partial charge is 0.526 e. The molecule has 6 nitrogen and oxygen atoms in total. The molecule has 1 aromatic carbocycles. The van der Waals surface area contributed by atoms with Crippen molar-refractivity contribution in [3.8, 4) is 5.75 Å². The number of carbonyl (C=O) groups excluding carboxylic acids is 2. The predicted octanol–water partition coefficient (Wildman–Crippen LogP) is 1.78. The van der Waals surface area contributed by atoms with E-state index in [0.29, 0.717) is 0 Å². The van der Waals surface area contributed by atoms with Crippen molar-refractivity contribution in [3.05, 3.63) is 28.8 Å². The van der Waals surface area contributed by atoms with Gasteiger partial charge in [-0.2, -0.15) is 0 Å². The highest BCUT2D eigenvalue weighted by Crippen LogP contribution is 2.38. The SMILES string of the molecule is CC(=O)CCC(=O)C[C@H]1Cc2cc(F)c(F)c(C(=O)O)c2OB1O. The average Bonchev–Trinajstić information content (AvgIpc) is 2.48. The third kappa shape index (κ3) is 3.78. The number of aromatic carboxylic acids is 1. The van der Waals surface area contributed by atoms with E-state index in [0.717, 1.165) is 6.07 Å². The maximum absolute atomic E-state index is 13.6. The Balaban J connectivity index is 2.23. The fraction of sp³-hybridized carbons (Fsp3) is 0.400. The number of rotatable bonds is 6. The molecule has 1 aliphatic rings. The molecular weight excluding hydrogens is 325 g/mol. The molecule has 0 amide bonds. The number of hydrogen-bond acceptors (Lipinski definition) is 5. The van der Waals surface area contributed by atoms with Crippen molar-refractivity contribution in [2.24, 2.45) is 0 Å². The highest BCUT2D eigenvalue weighted by atomic mass is 19.2. The Kier molecular flexibility index (Phi) is 5.33. The molecule has 0 spiro atoms. The Hall–Kier alpha value is -2.29. The number of carbonyl (C=O) groups is 3. The van der Waals surface area contributed by atoms with Crippen molar-refractivity contribution in [1.29, 1.82) is 0 Å². The molecule has 0 radical (unpaired) electrons. The minimum atomic E-state index is -1.72. The fourth-order valence-corrected chi connectivity index (χ4v) is 2.62. The van der Waals surface area contributed by atoms with E-state index in [1.54, 1.807) is 0 Å². The lowest BCUT2D eigenvalue weighted by Gasteiger charge is -2.28. The largest absolute Gasteiger partial charge is 0.535 e. The monoisotopic (exact) mass is 340 g/mol. The summed E-state index contributed by atoms with van der Waals surface area (Å²) in [5.41, 5.74) is -0.911. The topological polar surface area (TPSA) is 101 Å². The zero-order chi connectivity index (χ0) is 18.0. The Morgan fingerprint density at radius 2 is 2.00 bits per heavy atom. The number of hydrogen-bond donors (Lipinski definition) is 2. The van der Waals surface area contributed by atoms with Gasteiger partial charge in [0.25, 0.3) is 0 Å². The lowest BCUT2D eigenvalue weighted by Crippen LogP contribution is -2.36. The van der Waals surface area contributed by atoms with Crippen LogP contribution in [0.2, 0.25) is 5.82 Å². The van der Waals surface area contributed by atoms with Crippen LogP contribution in [-0.2, 0) is 16.0 Å². The van der Waals surface area contributed by atoms with Crippen LogP contribution >= 0.6 is 0 Å². The first-order valence-electron chi connectivity index (χ1n) is 7.30. The van der Waals surface area contributed by atoms with Crippen molar-refractivity contribution in [1.82, 2.24) is 0 Å².